The Morgan fingerprint density at radius 2 is 1.93 bits per heavy atom. The largest absolute Gasteiger partial charge is 0.445 e. The SMILES string of the molecule is O=C(N[C@H](c1cn2nc(C[C@H]3C[C@H](C(F)(F)F)CNC3=O)cnc2n1)C1CCC(F)(F)CC1)OCc1ccccc1. The summed E-state index contributed by atoms with van der Waals surface area (Å²) in [5.41, 5.74) is 1.40. The average molecular weight is 581 g/mol. The lowest BCUT2D eigenvalue weighted by molar-refractivity contribution is -0.183. The molecule has 5 rings (SSSR count). The van der Waals surface area contributed by atoms with Crippen molar-refractivity contribution >= 4 is 17.8 Å². The summed E-state index contributed by atoms with van der Waals surface area (Å²) in [4.78, 5) is 33.7. The van der Waals surface area contributed by atoms with Gasteiger partial charge in [-0.3, -0.25) is 4.79 Å². The number of imidazole rings is 1. The molecule has 220 valence electrons. The van der Waals surface area contributed by atoms with Gasteiger partial charge in [0.2, 0.25) is 11.8 Å². The molecule has 0 radical (unpaired) electrons. The van der Waals surface area contributed by atoms with Gasteiger partial charge >= 0.3 is 12.3 Å². The number of carbonyl (C=O) groups is 2. The first kappa shape index (κ1) is 28.7. The number of aromatic nitrogens is 4. The molecule has 1 saturated carbocycles. The van der Waals surface area contributed by atoms with E-state index in [9.17, 15) is 31.5 Å². The molecule has 2 fully saturated rings. The lowest BCUT2D eigenvalue weighted by atomic mass is 9.81. The second-order valence-electron chi connectivity index (χ2n) is 10.7. The normalized spacial score (nSPS) is 22.2. The van der Waals surface area contributed by atoms with Crippen LogP contribution in [0, 0.1) is 17.8 Å². The third-order valence-corrected chi connectivity index (χ3v) is 7.67. The Labute approximate surface area is 231 Å². The Balaban J connectivity index is 1.33. The summed E-state index contributed by atoms with van der Waals surface area (Å²) >= 11 is 0. The van der Waals surface area contributed by atoms with Crippen molar-refractivity contribution in [1.29, 1.82) is 0 Å². The number of hydrogen-bond donors (Lipinski definition) is 2. The van der Waals surface area contributed by atoms with Crippen LogP contribution in [-0.2, 0) is 22.6 Å². The van der Waals surface area contributed by atoms with Crippen LogP contribution >= 0.6 is 0 Å². The molecule has 0 spiro atoms. The summed E-state index contributed by atoms with van der Waals surface area (Å²) in [5.74, 6) is -6.03. The minimum Gasteiger partial charge on any atom is -0.445 e. The molecule has 14 heteroatoms. The molecule has 9 nitrogen and oxygen atoms in total. The number of alkyl carbamates (subject to hydrolysis) is 1. The molecule has 0 bridgehead atoms. The summed E-state index contributed by atoms with van der Waals surface area (Å²) in [7, 11) is 0. The molecule has 1 saturated heterocycles. The van der Waals surface area contributed by atoms with Gasteiger partial charge in [-0.15, -0.1) is 0 Å². The summed E-state index contributed by atoms with van der Waals surface area (Å²) in [6, 6.07) is 8.27. The number of halogens is 5. The van der Waals surface area contributed by atoms with Crippen molar-refractivity contribution in [2.75, 3.05) is 6.54 Å². The van der Waals surface area contributed by atoms with Gasteiger partial charge in [-0.2, -0.15) is 18.3 Å². The highest BCUT2D eigenvalue weighted by Gasteiger charge is 2.45. The number of fused-ring (bicyclic) bond motifs is 1. The van der Waals surface area contributed by atoms with Crippen molar-refractivity contribution in [2.24, 2.45) is 17.8 Å². The van der Waals surface area contributed by atoms with E-state index in [1.165, 1.54) is 16.9 Å². The summed E-state index contributed by atoms with van der Waals surface area (Å²) in [6.07, 6.45) is -3.09. The first-order chi connectivity index (χ1) is 19.5. The number of benzene rings is 1. The summed E-state index contributed by atoms with van der Waals surface area (Å²) in [5, 5.41) is 9.47. The van der Waals surface area contributed by atoms with Crippen LogP contribution in [-0.4, -0.2) is 50.2 Å². The zero-order valence-electron chi connectivity index (χ0n) is 21.9. The molecule has 1 aromatic carbocycles. The van der Waals surface area contributed by atoms with E-state index in [4.69, 9.17) is 4.74 Å². The zero-order chi connectivity index (χ0) is 29.2. The highest BCUT2D eigenvalue weighted by Crippen LogP contribution is 2.41. The number of hydrogen-bond acceptors (Lipinski definition) is 6. The first-order valence-electron chi connectivity index (χ1n) is 13.4. The molecular formula is C27H29F5N6O3. The summed E-state index contributed by atoms with van der Waals surface area (Å²) < 4.78 is 74.1. The predicted octanol–water partition coefficient (Wildman–Crippen LogP) is 4.77. The maximum atomic E-state index is 13.9. The van der Waals surface area contributed by atoms with Gasteiger partial charge in [0.05, 0.1) is 35.7 Å². The topological polar surface area (TPSA) is 111 Å². The Bertz CT molecular complexity index is 1370. The van der Waals surface area contributed by atoms with E-state index >= 15 is 0 Å². The second kappa shape index (κ2) is 11.6. The van der Waals surface area contributed by atoms with Crippen LogP contribution in [0.2, 0.25) is 0 Å². The van der Waals surface area contributed by atoms with E-state index in [0.29, 0.717) is 5.69 Å². The van der Waals surface area contributed by atoms with Crippen LogP contribution in [0.15, 0.2) is 42.7 Å². The summed E-state index contributed by atoms with van der Waals surface area (Å²) in [6.45, 7) is -0.437. The Kier molecular flexibility index (Phi) is 8.09. The molecule has 1 aliphatic carbocycles. The molecule has 2 amide bonds. The average Bonchev–Trinajstić information content (AvgIpc) is 3.35. The monoisotopic (exact) mass is 580 g/mol. The number of alkyl halides is 5. The first-order valence-corrected chi connectivity index (χ1v) is 13.4. The maximum Gasteiger partial charge on any atom is 0.408 e. The van der Waals surface area contributed by atoms with Gasteiger partial charge in [0, 0.05) is 31.7 Å². The van der Waals surface area contributed by atoms with Crippen molar-refractivity contribution in [1.82, 2.24) is 30.2 Å². The fourth-order valence-corrected chi connectivity index (χ4v) is 5.38. The van der Waals surface area contributed by atoms with Crippen molar-refractivity contribution < 1.29 is 36.3 Å². The molecule has 1 aliphatic heterocycles. The highest BCUT2D eigenvalue weighted by atomic mass is 19.4. The van der Waals surface area contributed by atoms with E-state index in [1.807, 2.05) is 18.2 Å². The number of amides is 2. The third kappa shape index (κ3) is 7.09. The lowest BCUT2D eigenvalue weighted by Gasteiger charge is -2.33. The van der Waals surface area contributed by atoms with Crippen LogP contribution in [0.5, 0.6) is 0 Å². The van der Waals surface area contributed by atoms with Crippen molar-refractivity contribution in [2.45, 2.75) is 63.3 Å². The highest BCUT2D eigenvalue weighted by molar-refractivity contribution is 5.79. The van der Waals surface area contributed by atoms with Gasteiger partial charge in [-0.25, -0.2) is 28.1 Å². The molecule has 3 aromatic rings. The number of nitrogens with one attached hydrogen (secondary N) is 2. The maximum absolute atomic E-state index is 13.9. The zero-order valence-corrected chi connectivity index (χ0v) is 21.9. The number of piperidine rings is 1. The molecule has 41 heavy (non-hydrogen) atoms. The molecule has 3 atom stereocenters. The van der Waals surface area contributed by atoms with Crippen LogP contribution in [0.1, 0.15) is 55.1 Å². The number of nitrogens with zero attached hydrogens (tertiary/aromatic N) is 4. The Hall–Kier alpha value is -3.84. The lowest BCUT2D eigenvalue weighted by Crippen LogP contribution is -2.47. The number of ether oxygens (including phenoxy) is 1. The van der Waals surface area contributed by atoms with Gasteiger partial charge < -0.3 is 15.4 Å². The second-order valence-corrected chi connectivity index (χ2v) is 10.7. The van der Waals surface area contributed by atoms with Crippen LogP contribution in [0.3, 0.4) is 0 Å². The third-order valence-electron chi connectivity index (χ3n) is 7.67. The van der Waals surface area contributed by atoms with Gasteiger partial charge in [0.25, 0.3) is 5.78 Å². The predicted molar refractivity (Wildman–Crippen MR) is 135 cm³/mol. The van der Waals surface area contributed by atoms with Crippen molar-refractivity contribution in [3.63, 3.8) is 0 Å². The van der Waals surface area contributed by atoms with E-state index in [2.05, 4.69) is 25.7 Å². The van der Waals surface area contributed by atoms with Gasteiger partial charge in [0.15, 0.2) is 0 Å². The number of carbonyl (C=O) groups excluding carboxylic acids is 2. The minimum absolute atomic E-state index is 0.0176. The fraction of sp³-hybridized carbons (Fsp3) is 0.519. The van der Waals surface area contributed by atoms with Gasteiger partial charge in [-0.05, 0) is 30.7 Å². The van der Waals surface area contributed by atoms with Gasteiger partial charge in [-0.1, -0.05) is 30.3 Å². The Morgan fingerprint density at radius 3 is 2.63 bits per heavy atom. The molecule has 2 aliphatic rings. The molecule has 2 N–H and O–H groups in total. The molecule has 3 heterocycles. The molecular weight excluding hydrogens is 551 g/mol. The quantitative estimate of drug-likeness (QED) is 0.390. The van der Waals surface area contributed by atoms with E-state index in [0.717, 1.165) is 5.56 Å². The fourth-order valence-electron chi connectivity index (χ4n) is 5.38. The van der Waals surface area contributed by atoms with E-state index in [1.54, 1.807) is 12.1 Å². The van der Waals surface area contributed by atoms with E-state index in [-0.39, 0.29) is 62.5 Å². The Morgan fingerprint density at radius 1 is 1.20 bits per heavy atom. The molecule has 2 aromatic heterocycles. The number of rotatable bonds is 7. The van der Waals surface area contributed by atoms with Crippen LogP contribution in [0.4, 0.5) is 26.7 Å². The smallest absolute Gasteiger partial charge is 0.408 e. The van der Waals surface area contributed by atoms with E-state index < -0.39 is 48.5 Å². The van der Waals surface area contributed by atoms with Crippen LogP contribution in [0.25, 0.3) is 5.78 Å². The minimum atomic E-state index is -4.42. The van der Waals surface area contributed by atoms with Crippen molar-refractivity contribution in [3.8, 4) is 0 Å². The standard InChI is InChI=1S/C27H29F5N6O3/c28-26(29)8-6-17(7-9-26)22(36-25(40)41-15-16-4-2-1-3-5-16)21-14-38-24(35-21)34-13-20(37-38)11-18-10-19(27(30,31)32)12-33-23(18)39/h1-5,13-14,17-19,22H,6-12,15H2,(H,33,39)(H,36,40)/t18-,19+,22+/m1/s1. The van der Waals surface area contributed by atoms with Crippen molar-refractivity contribution in [3.05, 3.63) is 59.7 Å². The van der Waals surface area contributed by atoms with Crippen LogP contribution < -0.4 is 10.6 Å². The van der Waals surface area contributed by atoms with Gasteiger partial charge in [0.1, 0.15) is 6.61 Å². The molecule has 0 unspecified atom stereocenters.